The van der Waals surface area contributed by atoms with Crippen LogP contribution < -0.4 is 10.2 Å². The molecule has 3 nitrogen and oxygen atoms in total. The number of hydrogen-bond donors (Lipinski definition) is 1. The van der Waals surface area contributed by atoms with Gasteiger partial charge in [0.05, 0.1) is 6.61 Å². The maximum absolute atomic E-state index is 5.29. The molecule has 0 bridgehead atoms. The molecular weight excluding hydrogens is 220 g/mol. The summed E-state index contributed by atoms with van der Waals surface area (Å²) < 4.78 is 4.96. The van der Waals surface area contributed by atoms with Crippen molar-refractivity contribution in [2.45, 2.75) is 6.92 Å². The summed E-state index contributed by atoms with van der Waals surface area (Å²) in [5, 5.41) is 3.86. The van der Waals surface area contributed by atoms with Gasteiger partial charge in [0.15, 0.2) is 5.11 Å². The van der Waals surface area contributed by atoms with Crippen molar-refractivity contribution >= 4 is 23.0 Å². The lowest BCUT2D eigenvalue weighted by Gasteiger charge is -2.22. The number of methoxy groups -OCH3 is 1. The topological polar surface area (TPSA) is 24.5 Å². The van der Waals surface area contributed by atoms with E-state index < -0.39 is 0 Å². The van der Waals surface area contributed by atoms with Crippen LogP contribution in [0, 0.1) is 6.92 Å². The van der Waals surface area contributed by atoms with Crippen molar-refractivity contribution in [2.24, 2.45) is 0 Å². The van der Waals surface area contributed by atoms with Gasteiger partial charge >= 0.3 is 0 Å². The highest BCUT2D eigenvalue weighted by Gasteiger charge is 2.07. The molecule has 16 heavy (non-hydrogen) atoms. The molecule has 0 aliphatic rings. The average Bonchev–Trinajstić information content (AvgIpc) is 2.29. The first-order valence-corrected chi connectivity index (χ1v) is 5.63. The molecule has 0 saturated carbocycles. The van der Waals surface area contributed by atoms with E-state index >= 15 is 0 Å². The normalized spacial score (nSPS) is 9.94. The summed E-state index contributed by atoms with van der Waals surface area (Å²) in [5.41, 5.74) is 2.33. The number of hydrogen-bond acceptors (Lipinski definition) is 2. The van der Waals surface area contributed by atoms with Crippen molar-refractivity contribution in [3.05, 3.63) is 29.8 Å². The summed E-state index contributed by atoms with van der Waals surface area (Å²) in [6.07, 6.45) is 0. The van der Waals surface area contributed by atoms with E-state index in [-0.39, 0.29) is 0 Å². The lowest BCUT2D eigenvalue weighted by atomic mass is 10.2. The van der Waals surface area contributed by atoms with Gasteiger partial charge in [-0.1, -0.05) is 18.2 Å². The van der Waals surface area contributed by atoms with Gasteiger partial charge in [-0.3, -0.25) is 0 Å². The van der Waals surface area contributed by atoms with E-state index in [1.54, 1.807) is 7.11 Å². The van der Waals surface area contributed by atoms with Gasteiger partial charge < -0.3 is 15.0 Å². The fourth-order valence-electron chi connectivity index (χ4n) is 1.43. The van der Waals surface area contributed by atoms with Gasteiger partial charge in [0.1, 0.15) is 0 Å². The van der Waals surface area contributed by atoms with E-state index in [9.17, 15) is 0 Å². The Kier molecular flexibility index (Phi) is 5.22. The van der Waals surface area contributed by atoms with Crippen LogP contribution in [0.15, 0.2) is 24.3 Å². The predicted molar refractivity (Wildman–Crippen MR) is 72.1 cm³/mol. The van der Waals surface area contributed by atoms with Crippen LogP contribution in [0.3, 0.4) is 0 Å². The van der Waals surface area contributed by atoms with Crippen molar-refractivity contribution < 1.29 is 4.74 Å². The molecule has 1 N–H and O–H groups in total. The van der Waals surface area contributed by atoms with Gasteiger partial charge in [0.25, 0.3) is 0 Å². The Morgan fingerprint density at radius 2 is 2.12 bits per heavy atom. The monoisotopic (exact) mass is 238 g/mol. The van der Waals surface area contributed by atoms with Crippen LogP contribution in [0.4, 0.5) is 5.69 Å². The Balaban J connectivity index is 2.60. The van der Waals surface area contributed by atoms with E-state index in [1.807, 2.05) is 24.1 Å². The fraction of sp³-hybridized carbons (Fsp3) is 0.417. The second kappa shape index (κ2) is 6.45. The minimum absolute atomic E-state index is 0.655. The van der Waals surface area contributed by atoms with E-state index in [2.05, 4.69) is 24.4 Å². The second-order valence-corrected chi connectivity index (χ2v) is 3.96. The Hall–Kier alpha value is -1.13. The minimum Gasteiger partial charge on any atom is -0.383 e. The zero-order valence-corrected chi connectivity index (χ0v) is 10.8. The lowest BCUT2D eigenvalue weighted by Crippen LogP contribution is -2.38. The number of benzene rings is 1. The van der Waals surface area contributed by atoms with Crippen molar-refractivity contribution in [3.63, 3.8) is 0 Å². The molecule has 0 amide bonds. The first kappa shape index (κ1) is 12.9. The molecule has 0 saturated heterocycles. The van der Waals surface area contributed by atoms with Crippen molar-refractivity contribution in [3.8, 4) is 0 Å². The summed E-state index contributed by atoms with van der Waals surface area (Å²) in [6.45, 7) is 3.46. The minimum atomic E-state index is 0.655. The SMILES string of the molecule is COCCNC(=S)N(C)c1ccccc1C. The molecular formula is C12H18N2OS. The number of para-hydroxylation sites is 1. The van der Waals surface area contributed by atoms with Crippen LogP contribution in [0.5, 0.6) is 0 Å². The standard InChI is InChI=1S/C12H18N2OS/c1-10-6-4-5-7-11(10)14(2)12(16)13-8-9-15-3/h4-7H,8-9H2,1-3H3,(H,13,16). The quantitative estimate of drug-likeness (QED) is 0.640. The first-order valence-electron chi connectivity index (χ1n) is 5.23. The highest BCUT2D eigenvalue weighted by molar-refractivity contribution is 7.80. The van der Waals surface area contributed by atoms with E-state index in [4.69, 9.17) is 17.0 Å². The van der Waals surface area contributed by atoms with E-state index in [1.165, 1.54) is 5.56 Å². The predicted octanol–water partition coefficient (Wildman–Crippen LogP) is 1.95. The smallest absolute Gasteiger partial charge is 0.173 e. The van der Waals surface area contributed by atoms with Crippen LogP contribution >= 0.6 is 12.2 Å². The van der Waals surface area contributed by atoms with Crippen LogP contribution in [0.2, 0.25) is 0 Å². The van der Waals surface area contributed by atoms with Gasteiger partial charge in [-0.25, -0.2) is 0 Å². The molecule has 88 valence electrons. The molecule has 0 unspecified atom stereocenters. The van der Waals surface area contributed by atoms with Gasteiger partial charge in [0, 0.05) is 26.4 Å². The third-order valence-corrected chi connectivity index (χ3v) is 2.78. The third-order valence-electron chi connectivity index (χ3n) is 2.36. The highest BCUT2D eigenvalue weighted by atomic mass is 32.1. The zero-order chi connectivity index (χ0) is 12.0. The van der Waals surface area contributed by atoms with Gasteiger partial charge in [-0.05, 0) is 30.8 Å². The first-order chi connectivity index (χ1) is 7.66. The average molecular weight is 238 g/mol. The fourth-order valence-corrected chi connectivity index (χ4v) is 1.63. The van der Waals surface area contributed by atoms with Crippen molar-refractivity contribution in [2.75, 3.05) is 32.2 Å². The summed E-state index contributed by atoms with van der Waals surface area (Å²) in [6, 6.07) is 8.16. The Morgan fingerprint density at radius 3 is 2.75 bits per heavy atom. The van der Waals surface area contributed by atoms with Gasteiger partial charge in [-0.15, -0.1) is 0 Å². The van der Waals surface area contributed by atoms with Gasteiger partial charge in [0.2, 0.25) is 0 Å². The molecule has 1 aromatic rings. The maximum atomic E-state index is 5.29. The number of nitrogens with zero attached hydrogens (tertiary/aromatic N) is 1. The van der Waals surface area contributed by atoms with E-state index in [0.717, 1.165) is 12.2 Å². The lowest BCUT2D eigenvalue weighted by molar-refractivity contribution is 0.204. The van der Waals surface area contributed by atoms with E-state index in [0.29, 0.717) is 11.7 Å². The highest BCUT2D eigenvalue weighted by Crippen LogP contribution is 2.17. The number of anilines is 1. The Bertz CT molecular complexity index is 355. The molecule has 0 aliphatic heterocycles. The molecule has 1 aromatic carbocycles. The number of thiocarbonyl (C=S) groups is 1. The van der Waals surface area contributed by atoms with Crippen LogP contribution in [-0.4, -0.2) is 32.4 Å². The second-order valence-electron chi connectivity index (χ2n) is 3.57. The van der Waals surface area contributed by atoms with Crippen LogP contribution in [-0.2, 0) is 4.74 Å². The zero-order valence-electron chi connectivity index (χ0n) is 9.99. The summed E-state index contributed by atoms with van der Waals surface area (Å²) in [4.78, 5) is 1.97. The summed E-state index contributed by atoms with van der Waals surface area (Å²) >= 11 is 5.29. The Labute approximate surface area is 102 Å². The maximum Gasteiger partial charge on any atom is 0.173 e. The largest absolute Gasteiger partial charge is 0.383 e. The summed E-state index contributed by atoms with van der Waals surface area (Å²) in [7, 11) is 3.64. The molecule has 0 radical (unpaired) electrons. The molecule has 4 heteroatoms. The van der Waals surface area contributed by atoms with Crippen LogP contribution in [0.1, 0.15) is 5.56 Å². The molecule has 0 atom stereocenters. The third kappa shape index (κ3) is 3.47. The number of rotatable bonds is 4. The molecule has 1 rings (SSSR count). The molecule has 0 fully saturated rings. The van der Waals surface area contributed by atoms with Crippen LogP contribution in [0.25, 0.3) is 0 Å². The molecule has 0 heterocycles. The molecule has 0 spiro atoms. The number of nitrogens with one attached hydrogen (secondary N) is 1. The van der Waals surface area contributed by atoms with Crippen molar-refractivity contribution in [1.29, 1.82) is 0 Å². The molecule has 0 aliphatic carbocycles. The number of aryl methyl sites for hydroxylation is 1. The number of ether oxygens (including phenoxy) is 1. The summed E-state index contributed by atoms with van der Waals surface area (Å²) in [5.74, 6) is 0. The Morgan fingerprint density at radius 1 is 1.44 bits per heavy atom. The van der Waals surface area contributed by atoms with Crippen molar-refractivity contribution in [1.82, 2.24) is 5.32 Å². The van der Waals surface area contributed by atoms with Gasteiger partial charge in [-0.2, -0.15) is 0 Å². The molecule has 0 aromatic heterocycles.